The highest BCUT2D eigenvalue weighted by Crippen LogP contribution is 2.12. The molecule has 6 heteroatoms. The third-order valence-electron chi connectivity index (χ3n) is 2.73. The van der Waals surface area contributed by atoms with E-state index in [4.69, 9.17) is 9.15 Å². The third kappa shape index (κ3) is 4.53. The second-order valence-corrected chi connectivity index (χ2v) is 4.46. The van der Waals surface area contributed by atoms with Crippen molar-refractivity contribution >= 4 is 11.9 Å². The Morgan fingerprint density at radius 1 is 1.35 bits per heavy atom. The van der Waals surface area contributed by atoms with E-state index in [9.17, 15) is 14.4 Å². The van der Waals surface area contributed by atoms with Crippen molar-refractivity contribution in [2.45, 2.75) is 33.6 Å². The highest BCUT2D eigenvalue weighted by molar-refractivity contribution is 5.93. The van der Waals surface area contributed by atoms with Gasteiger partial charge in [0, 0.05) is 12.6 Å². The highest BCUT2D eigenvalue weighted by atomic mass is 16.5. The van der Waals surface area contributed by atoms with Crippen molar-refractivity contribution in [2.24, 2.45) is 0 Å². The largest absolute Gasteiger partial charge is 0.452 e. The average Bonchev–Trinajstić information content (AvgIpc) is 2.35. The number of ether oxygens (including phenoxy) is 1. The minimum absolute atomic E-state index is 0.186. The van der Waals surface area contributed by atoms with Gasteiger partial charge in [0.05, 0.1) is 0 Å². The summed E-state index contributed by atoms with van der Waals surface area (Å²) in [6.07, 6.45) is 1.85. The summed E-state index contributed by atoms with van der Waals surface area (Å²) < 4.78 is 9.75. The Balaban J connectivity index is 2.60. The molecule has 1 aromatic heterocycles. The fourth-order valence-corrected chi connectivity index (χ4v) is 1.72. The predicted molar refractivity (Wildman–Crippen MR) is 72.7 cm³/mol. The number of aryl methyl sites for hydroxylation is 2. The van der Waals surface area contributed by atoms with E-state index in [2.05, 4.69) is 5.32 Å². The molecule has 1 aromatic rings. The molecule has 0 fully saturated rings. The minimum Gasteiger partial charge on any atom is -0.452 e. The summed E-state index contributed by atoms with van der Waals surface area (Å²) in [6.45, 7) is 5.35. The standard InChI is InChI=1S/C14H19NO5/c1-4-5-6-15-11(16)8-19-14(18)13-9(2)7-12(17)20-10(13)3/h7H,4-6,8H2,1-3H3,(H,15,16). The number of carbonyl (C=O) groups is 2. The fraction of sp³-hybridized carbons (Fsp3) is 0.500. The molecule has 0 unspecified atom stereocenters. The first-order valence-electron chi connectivity index (χ1n) is 6.50. The molecule has 0 bridgehead atoms. The van der Waals surface area contributed by atoms with Gasteiger partial charge in [-0.05, 0) is 25.8 Å². The lowest BCUT2D eigenvalue weighted by molar-refractivity contribution is -0.124. The highest BCUT2D eigenvalue weighted by Gasteiger charge is 2.17. The monoisotopic (exact) mass is 281 g/mol. The Kier molecular flexibility index (Phi) is 5.96. The van der Waals surface area contributed by atoms with Crippen LogP contribution in [0.25, 0.3) is 0 Å². The number of hydrogen-bond acceptors (Lipinski definition) is 5. The molecule has 110 valence electrons. The van der Waals surface area contributed by atoms with Crippen LogP contribution in [0.15, 0.2) is 15.3 Å². The Morgan fingerprint density at radius 3 is 2.65 bits per heavy atom. The lowest BCUT2D eigenvalue weighted by Gasteiger charge is -2.08. The third-order valence-corrected chi connectivity index (χ3v) is 2.73. The number of nitrogens with one attached hydrogen (secondary N) is 1. The summed E-state index contributed by atoms with van der Waals surface area (Å²) in [4.78, 5) is 34.4. The van der Waals surface area contributed by atoms with Crippen molar-refractivity contribution in [3.8, 4) is 0 Å². The molecule has 0 aliphatic heterocycles. The molecule has 1 rings (SSSR count). The zero-order valence-corrected chi connectivity index (χ0v) is 11.9. The van der Waals surface area contributed by atoms with Gasteiger partial charge >= 0.3 is 11.6 Å². The van der Waals surface area contributed by atoms with Crippen molar-refractivity contribution in [1.29, 1.82) is 0 Å². The maximum atomic E-state index is 11.9. The molecule has 0 saturated heterocycles. The first-order chi connectivity index (χ1) is 9.45. The van der Waals surface area contributed by atoms with Crippen molar-refractivity contribution in [2.75, 3.05) is 13.2 Å². The quantitative estimate of drug-likeness (QED) is 0.628. The number of unbranched alkanes of at least 4 members (excludes halogenated alkanes) is 1. The molecule has 20 heavy (non-hydrogen) atoms. The van der Waals surface area contributed by atoms with Gasteiger partial charge < -0.3 is 14.5 Å². The van der Waals surface area contributed by atoms with Gasteiger partial charge in [0.15, 0.2) is 6.61 Å². The molecule has 0 spiro atoms. The Morgan fingerprint density at radius 2 is 2.05 bits per heavy atom. The SMILES string of the molecule is CCCCNC(=O)COC(=O)c1c(C)cc(=O)oc1C. The molecule has 0 atom stereocenters. The van der Waals surface area contributed by atoms with Gasteiger partial charge in [0.1, 0.15) is 11.3 Å². The van der Waals surface area contributed by atoms with Crippen LogP contribution >= 0.6 is 0 Å². The van der Waals surface area contributed by atoms with Crippen molar-refractivity contribution in [1.82, 2.24) is 5.32 Å². The molecule has 1 heterocycles. The van der Waals surface area contributed by atoms with Gasteiger partial charge in [-0.15, -0.1) is 0 Å². The van der Waals surface area contributed by atoms with E-state index in [1.807, 2.05) is 6.92 Å². The second-order valence-electron chi connectivity index (χ2n) is 4.46. The van der Waals surface area contributed by atoms with E-state index in [0.29, 0.717) is 12.1 Å². The van der Waals surface area contributed by atoms with Crippen LogP contribution in [0.3, 0.4) is 0 Å². The second kappa shape index (κ2) is 7.47. The molecule has 0 saturated carbocycles. The molecule has 0 aromatic carbocycles. The zero-order valence-electron chi connectivity index (χ0n) is 11.9. The van der Waals surface area contributed by atoms with E-state index >= 15 is 0 Å². The summed E-state index contributed by atoms with van der Waals surface area (Å²) in [7, 11) is 0. The van der Waals surface area contributed by atoms with E-state index in [1.54, 1.807) is 6.92 Å². The maximum Gasteiger partial charge on any atom is 0.342 e. The number of hydrogen-bond donors (Lipinski definition) is 1. The summed E-state index contributed by atoms with van der Waals surface area (Å²) in [5.41, 5.74) is 0.134. The lowest BCUT2D eigenvalue weighted by Crippen LogP contribution is -2.29. The van der Waals surface area contributed by atoms with Gasteiger partial charge in [0.2, 0.25) is 0 Å². The first-order valence-corrected chi connectivity index (χ1v) is 6.50. The maximum absolute atomic E-state index is 11.9. The van der Waals surface area contributed by atoms with Gasteiger partial charge in [0.25, 0.3) is 5.91 Å². The smallest absolute Gasteiger partial charge is 0.342 e. The summed E-state index contributed by atoms with van der Waals surface area (Å²) in [5, 5.41) is 2.64. The Hall–Kier alpha value is -2.11. The van der Waals surface area contributed by atoms with Crippen LogP contribution in [-0.2, 0) is 9.53 Å². The first kappa shape index (κ1) is 15.9. The van der Waals surface area contributed by atoms with E-state index in [0.717, 1.165) is 12.8 Å². The number of rotatable bonds is 6. The van der Waals surface area contributed by atoms with Crippen molar-refractivity contribution in [3.05, 3.63) is 33.4 Å². The molecule has 0 aliphatic carbocycles. The topological polar surface area (TPSA) is 85.6 Å². The van der Waals surface area contributed by atoms with Crippen LogP contribution in [0.4, 0.5) is 0 Å². The van der Waals surface area contributed by atoms with Crippen molar-refractivity contribution in [3.63, 3.8) is 0 Å². The summed E-state index contributed by atoms with van der Waals surface area (Å²) >= 11 is 0. The number of carbonyl (C=O) groups excluding carboxylic acids is 2. The Bertz CT molecular complexity index is 521. The van der Waals surface area contributed by atoms with Gasteiger partial charge in [-0.25, -0.2) is 9.59 Å². The van der Waals surface area contributed by atoms with Crippen molar-refractivity contribution < 1.29 is 18.7 Å². The van der Waals surface area contributed by atoms with Gasteiger partial charge in [-0.1, -0.05) is 13.3 Å². The average molecular weight is 281 g/mol. The van der Waals surface area contributed by atoms with Crippen LogP contribution in [0.1, 0.15) is 41.4 Å². The molecule has 1 N–H and O–H groups in total. The van der Waals surface area contributed by atoms with Crippen LogP contribution in [0, 0.1) is 13.8 Å². The summed E-state index contributed by atoms with van der Waals surface area (Å²) in [5.74, 6) is -0.833. The molecule has 6 nitrogen and oxygen atoms in total. The van der Waals surface area contributed by atoms with E-state index in [1.165, 1.54) is 13.0 Å². The lowest BCUT2D eigenvalue weighted by atomic mass is 10.1. The summed E-state index contributed by atoms with van der Waals surface area (Å²) in [6, 6.07) is 1.21. The molecular weight excluding hydrogens is 262 g/mol. The fourth-order valence-electron chi connectivity index (χ4n) is 1.72. The number of esters is 1. The normalized spacial score (nSPS) is 10.2. The van der Waals surface area contributed by atoms with Gasteiger partial charge in [-0.3, -0.25) is 4.79 Å². The van der Waals surface area contributed by atoms with Crippen LogP contribution in [-0.4, -0.2) is 25.0 Å². The van der Waals surface area contributed by atoms with Gasteiger partial charge in [-0.2, -0.15) is 0 Å². The number of amides is 1. The molecule has 0 aliphatic rings. The zero-order chi connectivity index (χ0) is 15.1. The van der Waals surface area contributed by atoms with Crippen LogP contribution < -0.4 is 10.9 Å². The van der Waals surface area contributed by atoms with E-state index in [-0.39, 0.29) is 23.8 Å². The van der Waals surface area contributed by atoms with Crippen LogP contribution in [0.2, 0.25) is 0 Å². The van der Waals surface area contributed by atoms with E-state index < -0.39 is 11.6 Å². The Labute approximate surface area is 117 Å². The predicted octanol–water partition coefficient (Wildman–Crippen LogP) is 1.33. The van der Waals surface area contributed by atoms with Crippen LogP contribution in [0.5, 0.6) is 0 Å². The molecule has 0 radical (unpaired) electrons. The molecular formula is C14H19NO5. The molecule has 1 amide bonds. The minimum atomic E-state index is -0.672.